The van der Waals surface area contributed by atoms with Crippen molar-refractivity contribution in [2.75, 3.05) is 13.1 Å². The number of sulfonamides is 1. The van der Waals surface area contributed by atoms with Gasteiger partial charge in [-0.2, -0.15) is 4.31 Å². The third-order valence-electron chi connectivity index (χ3n) is 3.81. The summed E-state index contributed by atoms with van der Waals surface area (Å²) in [4.78, 5) is -0.377. The lowest BCUT2D eigenvalue weighted by Crippen LogP contribution is -2.51. The van der Waals surface area contributed by atoms with Crippen LogP contribution in [0.5, 0.6) is 0 Å². The Balaban J connectivity index is 2.46. The Hall–Kier alpha value is -0.690. The van der Waals surface area contributed by atoms with Crippen LogP contribution in [0, 0.1) is 11.7 Å². The molecule has 1 heterocycles. The number of piperidine rings is 1. The normalized spacial score (nSPS) is 24.8. The fourth-order valence-corrected chi connectivity index (χ4v) is 4.76. The van der Waals surface area contributed by atoms with Gasteiger partial charge in [-0.15, -0.1) is 0 Å². The van der Waals surface area contributed by atoms with Crippen molar-refractivity contribution in [3.8, 4) is 0 Å². The maximum absolute atomic E-state index is 14.0. The summed E-state index contributed by atoms with van der Waals surface area (Å²) in [6.45, 7) is 2.55. The van der Waals surface area contributed by atoms with Gasteiger partial charge >= 0.3 is 0 Å². The van der Waals surface area contributed by atoms with E-state index in [1.165, 1.54) is 22.5 Å². The topological polar surface area (TPSA) is 63.4 Å². The molecular weight excluding hydrogens is 303 g/mol. The number of hydrogen-bond donors (Lipinski definition) is 1. The Bertz CT molecular complexity index is 594. The van der Waals surface area contributed by atoms with Gasteiger partial charge in [-0.1, -0.05) is 24.6 Å². The zero-order valence-corrected chi connectivity index (χ0v) is 12.8. The highest BCUT2D eigenvalue weighted by molar-refractivity contribution is 7.89. The molecule has 1 aliphatic heterocycles. The van der Waals surface area contributed by atoms with Crippen LogP contribution in [-0.2, 0) is 10.0 Å². The molecule has 7 heteroatoms. The van der Waals surface area contributed by atoms with Crippen LogP contribution in [0.25, 0.3) is 0 Å². The summed E-state index contributed by atoms with van der Waals surface area (Å²) in [5.74, 6) is -0.742. The fourth-order valence-electron chi connectivity index (χ4n) is 2.67. The summed E-state index contributed by atoms with van der Waals surface area (Å²) in [7, 11) is -3.92. The largest absolute Gasteiger partial charge is 0.329 e. The highest BCUT2D eigenvalue weighted by atomic mass is 35.5. The van der Waals surface area contributed by atoms with Crippen molar-refractivity contribution >= 4 is 21.6 Å². The first-order chi connectivity index (χ1) is 9.39. The van der Waals surface area contributed by atoms with Crippen molar-refractivity contribution in [3.63, 3.8) is 0 Å². The van der Waals surface area contributed by atoms with Gasteiger partial charge in [-0.3, -0.25) is 0 Å². The standard InChI is InChI=1S/C13H18ClFN2O2S/c1-9-4-3-7-17(11(9)8-16)20(18,19)12-6-2-5-10(14)13(12)15/h2,5-6,9,11H,3-4,7-8,16H2,1H3. The molecule has 0 spiro atoms. The Morgan fingerprint density at radius 3 is 2.85 bits per heavy atom. The number of rotatable bonds is 3. The Morgan fingerprint density at radius 1 is 1.50 bits per heavy atom. The lowest BCUT2D eigenvalue weighted by molar-refractivity contribution is 0.192. The second-order valence-electron chi connectivity index (χ2n) is 5.09. The van der Waals surface area contributed by atoms with E-state index in [2.05, 4.69) is 0 Å². The molecule has 1 aliphatic rings. The van der Waals surface area contributed by atoms with Gasteiger partial charge in [-0.25, -0.2) is 12.8 Å². The van der Waals surface area contributed by atoms with Gasteiger partial charge < -0.3 is 5.73 Å². The van der Waals surface area contributed by atoms with E-state index >= 15 is 0 Å². The van der Waals surface area contributed by atoms with Crippen molar-refractivity contribution in [2.45, 2.75) is 30.7 Å². The molecule has 112 valence electrons. The van der Waals surface area contributed by atoms with Gasteiger partial charge in [0.1, 0.15) is 4.90 Å². The lowest BCUT2D eigenvalue weighted by atomic mass is 9.93. The second-order valence-corrected chi connectivity index (χ2v) is 7.36. The quantitative estimate of drug-likeness (QED) is 0.929. The van der Waals surface area contributed by atoms with Crippen molar-refractivity contribution in [1.82, 2.24) is 4.31 Å². The summed E-state index contributed by atoms with van der Waals surface area (Å²) in [5, 5.41) is -0.194. The van der Waals surface area contributed by atoms with Gasteiger partial charge in [0.15, 0.2) is 5.82 Å². The Kier molecular flexibility index (Phi) is 4.69. The van der Waals surface area contributed by atoms with E-state index in [1.54, 1.807) is 0 Å². The third-order valence-corrected chi connectivity index (χ3v) is 6.04. The molecule has 1 fully saturated rings. The van der Waals surface area contributed by atoms with E-state index in [9.17, 15) is 12.8 Å². The van der Waals surface area contributed by atoms with E-state index < -0.39 is 15.8 Å². The first kappa shape index (κ1) is 15.7. The van der Waals surface area contributed by atoms with Gasteiger partial charge in [0.05, 0.1) is 5.02 Å². The lowest BCUT2D eigenvalue weighted by Gasteiger charge is -2.38. The molecule has 1 saturated heterocycles. The summed E-state index contributed by atoms with van der Waals surface area (Å²) in [6, 6.07) is 3.70. The van der Waals surface area contributed by atoms with E-state index in [4.69, 9.17) is 17.3 Å². The van der Waals surface area contributed by atoms with Crippen LogP contribution in [0.3, 0.4) is 0 Å². The summed E-state index contributed by atoms with van der Waals surface area (Å²) < 4.78 is 40.6. The Labute approximate surface area is 123 Å². The molecule has 0 aliphatic carbocycles. The van der Waals surface area contributed by atoms with Crippen LogP contribution in [-0.4, -0.2) is 31.9 Å². The van der Waals surface area contributed by atoms with Gasteiger partial charge in [0.2, 0.25) is 10.0 Å². The van der Waals surface area contributed by atoms with E-state index in [1.807, 2.05) is 6.92 Å². The predicted molar refractivity (Wildman–Crippen MR) is 76.5 cm³/mol. The molecule has 2 atom stereocenters. The number of halogens is 2. The highest BCUT2D eigenvalue weighted by Crippen LogP contribution is 2.31. The summed E-state index contributed by atoms with van der Waals surface area (Å²) in [5.41, 5.74) is 5.70. The van der Waals surface area contributed by atoms with Crippen molar-refractivity contribution in [3.05, 3.63) is 29.0 Å². The molecule has 2 rings (SSSR count). The fraction of sp³-hybridized carbons (Fsp3) is 0.538. The monoisotopic (exact) mass is 320 g/mol. The van der Waals surface area contributed by atoms with Crippen LogP contribution in [0.1, 0.15) is 19.8 Å². The van der Waals surface area contributed by atoms with Crippen LogP contribution in [0.2, 0.25) is 5.02 Å². The number of benzene rings is 1. The maximum Gasteiger partial charge on any atom is 0.246 e. The number of nitrogens with two attached hydrogens (primary N) is 1. The predicted octanol–water partition coefficient (Wildman–Crippen LogP) is 2.23. The van der Waals surface area contributed by atoms with Crippen LogP contribution in [0.4, 0.5) is 4.39 Å². The molecule has 0 bridgehead atoms. The minimum atomic E-state index is -3.92. The Morgan fingerprint density at radius 2 is 2.20 bits per heavy atom. The molecule has 4 nitrogen and oxygen atoms in total. The van der Waals surface area contributed by atoms with Crippen LogP contribution < -0.4 is 5.73 Å². The van der Waals surface area contributed by atoms with E-state index in [0.29, 0.717) is 6.54 Å². The van der Waals surface area contributed by atoms with Crippen molar-refractivity contribution < 1.29 is 12.8 Å². The molecule has 0 aromatic heterocycles. The smallest absolute Gasteiger partial charge is 0.246 e. The maximum atomic E-state index is 14.0. The first-order valence-electron chi connectivity index (χ1n) is 6.55. The number of hydrogen-bond acceptors (Lipinski definition) is 3. The minimum Gasteiger partial charge on any atom is -0.329 e. The molecule has 2 N–H and O–H groups in total. The molecule has 1 aromatic carbocycles. The SMILES string of the molecule is CC1CCCN(S(=O)(=O)c2cccc(Cl)c2F)C1CN. The second kappa shape index (κ2) is 5.97. The van der Waals surface area contributed by atoms with Gasteiger partial charge in [-0.05, 0) is 30.9 Å². The zero-order valence-electron chi connectivity index (χ0n) is 11.2. The average molecular weight is 321 g/mol. The van der Waals surface area contributed by atoms with E-state index in [-0.39, 0.29) is 28.4 Å². The van der Waals surface area contributed by atoms with Crippen LogP contribution >= 0.6 is 11.6 Å². The molecular formula is C13H18ClFN2O2S. The van der Waals surface area contributed by atoms with Gasteiger partial charge in [0.25, 0.3) is 0 Å². The van der Waals surface area contributed by atoms with Crippen molar-refractivity contribution in [1.29, 1.82) is 0 Å². The number of nitrogens with zero attached hydrogens (tertiary/aromatic N) is 1. The van der Waals surface area contributed by atoms with Gasteiger partial charge in [0, 0.05) is 19.1 Å². The molecule has 0 saturated carbocycles. The summed E-state index contributed by atoms with van der Waals surface area (Å²) in [6.07, 6.45) is 1.67. The zero-order chi connectivity index (χ0) is 14.9. The minimum absolute atomic E-state index is 0.158. The molecule has 0 radical (unpaired) electrons. The third kappa shape index (κ3) is 2.70. The molecule has 0 amide bonds. The molecule has 1 aromatic rings. The highest BCUT2D eigenvalue weighted by Gasteiger charge is 2.37. The average Bonchev–Trinajstić information content (AvgIpc) is 2.41. The first-order valence-corrected chi connectivity index (χ1v) is 8.37. The molecule has 20 heavy (non-hydrogen) atoms. The van der Waals surface area contributed by atoms with Crippen LogP contribution in [0.15, 0.2) is 23.1 Å². The van der Waals surface area contributed by atoms with E-state index in [0.717, 1.165) is 12.8 Å². The summed E-state index contributed by atoms with van der Waals surface area (Å²) >= 11 is 5.68. The molecule has 2 unspecified atom stereocenters. The van der Waals surface area contributed by atoms with Crippen molar-refractivity contribution in [2.24, 2.45) is 11.7 Å².